The zero-order chi connectivity index (χ0) is 31.7. The van der Waals surface area contributed by atoms with E-state index >= 15 is 0 Å². The zero-order valence-corrected chi connectivity index (χ0v) is 26.8. The molecular weight excluding hydrogens is 556 g/mol. The van der Waals surface area contributed by atoms with Crippen LogP contribution in [-0.2, 0) is 14.3 Å². The molecule has 1 amide bonds. The Labute approximate surface area is 254 Å². The summed E-state index contributed by atoms with van der Waals surface area (Å²) in [6.45, 7) is 14.5. The molecule has 1 aromatic heterocycles. The molecule has 13 heteroatoms. The number of amides is 1. The second kappa shape index (κ2) is 19.4. The summed E-state index contributed by atoms with van der Waals surface area (Å²) in [6, 6.07) is 5.57. The number of nitrogens with two attached hydrogens (primary N) is 4. The molecular formula is C29H50N8O4S. The van der Waals surface area contributed by atoms with Crippen LogP contribution in [0.1, 0.15) is 48.7 Å². The fourth-order valence-electron chi connectivity index (χ4n) is 3.66. The van der Waals surface area contributed by atoms with Crippen molar-refractivity contribution in [1.82, 2.24) is 20.2 Å². The topological polar surface area (TPSA) is 198 Å². The molecule has 12 nitrogen and oxygen atoms in total. The van der Waals surface area contributed by atoms with Crippen molar-refractivity contribution in [3.8, 4) is 11.3 Å². The van der Waals surface area contributed by atoms with Crippen molar-refractivity contribution in [3.05, 3.63) is 34.9 Å². The summed E-state index contributed by atoms with van der Waals surface area (Å²) in [4.78, 5) is 35.6. The van der Waals surface area contributed by atoms with E-state index < -0.39 is 5.60 Å². The molecule has 0 fully saturated rings. The largest absolute Gasteiger partial charge is 0.456 e. The summed E-state index contributed by atoms with van der Waals surface area (Å²) < 4.78 is 10.4. The zero-order valence-electron chi connectivity index (χ0n) is 26.0. The minimum Gasteiger partial charge on any atom is -0.456 e. The van der Waals surface area contributed by atoms with Gasteiger partial charge in [-0.3, -0.25) is 4.79 Å². The third-order valence-corrected chi connectivity index (χ3v) is 6.53. The van der Waals surface area contributed by atoms with Crippen LogP contribution >= 0.6 is 11.8 Å². The number of ether oxygens (including phenoxy) is 2. The molecule has 1 aromatic carbocycles. The summed E-state index contributed by atoms with van der Waals surface area (Å²) in [7, 11) is 1.97. The van der Waals surface area contributed by atoms with Gasteiger partial charge >= 0.3 is 5.97 Å². The molecule has 2 aromatic rings. The van der Waals surface area contributed by atoms with Gasteiger partial charge in [-0.25, -0.2) is 14.8 Å². The van der Waals surface area contributed by atoms with Crippen molar-refractivity contribution >= 4 is 29.6 Å². The minimum atomic E-state index is -0.593. The van der Waals surface area contributed by atoms with Gasteiger partial charge in [0.2, 0.25) is 11.9 Å². The van der Waals surface area contributed by atoms with E-state index in [-0.39, 0.29) is 17.8 Å². The van der Waals surface area contributed by atoms with Gasteiger partial charge in [0, 0.05) is 57.0 Å². The minimum absolute atomic E-state index is 0.0164. The lowest BCUT2D eigenvalue weighted by atomic mass is 9.97. The van der Waals surface area contributed by atoms with E-state index in [1.807, 2.05) is 53.8 Å². The molecule has 0 radical (unpaired) electrons. The number of nitrogens with one attached hydrogen (secondary N) is 1. The standard InChI is InChI=1S/C25H38N6O3S.C4H12N2O/c1-16-13-17(2)19(23(33)34-25(3,4)5)14-18(16)20-15-22(30-24(27)29-20)35-12-7-21(32)28-9-11-31(6)10-8-26;5-1-3-7-4-2-6/h13-15H,7-12,26H2,1-6H3,(H,28,32)(H2,27,29,30);1-6H2. The van der Waals surface area contributed by atoms with Crippen LogP contribution in [0.3, 0.4) is 0 Å². The SMILES string of the molecule is Cc1cc(C)c(-c2cc(SCCC(=O)NCCN(C)CCN)nc(N)n2)cc1C(=O)OC(C)(C)C.NCCOCCN. The van der Waals surface area contributed by atoms with Gasteiger partial charge < -0.3 is 42.6 Å². The van der Waals surface area contributed by atoms with E-state index in [2.05, 4.69) is 20.2 Å². The van der Waals surface area contributed by atoms with Crippen LogP contribution in [0.2, 0.25) is 0 Å². The molecule has 0 aliphatic carbocycles. The average Bonchev–Trinajstić information content (AvgIpc) is 2.88. The Bertz CT molecular complexity index is 1120. The number of hydrogen-bond acceptors (Lipinski definition) is 12. The molecule has 0 saturated carbocycles. The van der Waals surface area contributed by atoms with E-state index in [9.17, 15) is 9.59 Å². The van der Waals surface area contributed by atoms with Crippen molar-refractivity contribution in [2.45, 2.75) is 51.7 Å². The van der Waals surface area contributed by atoms with E-state index in [4.69, 9.17) is 32.4 Å². The van der Waals surface area contributed by atoms with Crippen molar-refractivity contribution in [1.29, 1.82) is 0 Å². The summed E-state index contributed by atoms with van der Waals surface area (Å²) in [5.41, 5.74) is 24.8. The lowest BCUT2D eigenvalue weighted by Crippen LogP contribution is -2.35. The first-order valence-electron chi connectivity index (χ1n) is 14.1. The van der Waals surface area contributed by atoms with Crippen molar-refractivity contribution < 1.29 is 19.1 Å². The van der Waals surface area contributed by atoms with Crippen LogP contribution < -0.4 is 28.3 Å². The van der Waals surface area contributed by atoms with Gasteiger partial charge in [-0.05, 0) is 64.9 Å². The maximum atomic E-state index is 12.7. The molecule has 0 atom stereocenters. The van der Waals surface area contributed by atoms with Crippen LogP contribution in [0, 0.1) is 13.8 Å². The first-order valence-corrected chi connectivity index (χ1v) is 15.0. The van der Waals surface area contributed by atoms with Crippen LogP contribution in [0.4, 0.5) is 5.95 Å². The number of nitrogens with zero attached hydrogens (tertiary/aromatic N) is 3. The molecule has 0 spiro atoms. The van der Waals surface area contributed by atoms with Gasteiger partial charge in [0.15, 0.2) is 0 Å². The van der Waals surface area contributed by atoms with Gasteiger partial charge in [-0.1, -0.05) is 6.07 Å². The number of aryl methyl sites for hydroxylation is 2. The lowest BCUT2D eigenvalue weighted by Gasteiger charge is -2.21. The van der Waals surface area contributed by atoms with Crippen molar-refractivity contribution in [3.63, 3.8) is 0 Å². The number of esters is 1. The molecule has 1 heterocycles. The first kappa shape index (κ1) is 37.2. The lowest BCUT2D eigenvalue weighted by molar-refractivity contribution is -0.120. The maximum absolute atomic E-state index is 12.7. The normalized spacial score (nSPS) is 11.2. The Hall–Kier alpha value is -2.81. The number of carbonyl (C=O) groups is 2. The van der Waals surface area contributed by atoms with E-state index in [1.54, 1.807) is 6.07 Å². The van der Waals surface area contributed by atoms with Crippen LogP contribution in [0.15, 0.2) is 23.2 Å². The first-order chi connectivity index (χ1) is 19.8. The second-order valence-electron chi connectivity index (χ2n) is 10.7. The van der Waals surface area contributed by atoms with Gasteiger partial charge in [0.05, 0.1) is 24.5 Å². The number of nitrogen functional groups attached to an aromatic ring is 1. The average molecular weight is 607 g/mol. The Morgan fingerprint density at radius 3 is 2.24 bits per heavy atom. The molecule has 42 heavy (non-hydrogen) atoms. The number of hydrogen-bond donors (Lipinski definition) is 5. The Balaban J connectivity index is 0.00000112. The number of carbonyl (C=O) groups excluding carboxylic acids is 2. The van der Waals surface area contributed by atoms with Gasteiger partial charge in [0.25, 0.3) is 0 Å². The number of aromatic nitrogens is 2. The molecule has 0 aliphatic rings. The molecule has 236 valence electrons. The summed E-state index contributed by atoms with van der Waals surface area (Å²) >= 11 is 1.44. The summed E-state index contributed by atoms with van der Waals surface area (Å²) in [5.74, 6) is 0.290. The van der Waals surface area contributed by atoms with E-state index in [0.29, 0.717) is 67.8 Å². The molecule has 2 rings (SSSR count). The van der Waals surface area contributed by atoms with Crippen molar-refractivity contribution in [2.75, 3.05) is 71.0 Å². The van der Waals surface area contributed by atoms with Gasteiger partial charge in [0.1, 0.15) is 10.6 Å². The highest BCUT2D eigenvalue weighted by molar-refractivity contribution is 7.99. The monoisotopic (exact) mass is 606 g/mol. The Morgan fingerprint density at radius 2 is 1.64 bits per heavy atom. The highest BCUT2D eigenvalue weighted by atomic mass is 32.2. The fraction of sp³-hybridized carbons (Fsp3) is 0.586. The highest BCUT2D eigenvalue weighted by Gasteiger charge is 2.21. The fourth-order valence-corrected chi connectivity index (χ4v) is 4.51. The number of rotatable bonds is 15. The predicted molar refractivity (Wildman–Crippen MR) is 170 cm³/mol. The van der Waals surface area contributed by atoms with Gasteiger partial charge in [-0.15, -0.1) is 11.8 Å². The van der Waals surface area contributed by atoms with E-state index in [0.717, 1.165) is 29.8 Å². The number of benzene rings is 1. The van der Waals surface area contributed by atoms with Crippen LogP contribution in [-0.4, -0.2) is 97.6 Å². The molecule has 0 bridgehead atoms. The molecule has 9 N–H and O–H groups in total. The van der Waals surface area contributed by atoms with Crippen molar-refractivity contribution in [2.24, 2.45) is 17.2 Å². The molecule has 0 unspecified atom stereocenters. The Morgan fingerprint density at radius 1 is 0.976 bits per heavy atom. The third-order valence-electron chi connectivity index (χ3n) is 5.62. The second-order valence-corrected chi connectivity index (χ2v) is 11.8. The molecule has 0 saturated heterocycles. The summed E-state index contributed by atoms with van der Waals surface area (Å²) in [5, 5.41) is 3.58. The number of thioether (sulfide) groups is 1. The highest BCUT2D eigenvalue weighted by Crippen LogP contribution is 2.29. The van der Waals surface area contributed by atoms with Crippen LogP contribution in [0.25, 0.3) is 11.3 Å². The molecule has 0 aliphatic heterocycles. The number of anilines is 1. The predicted octanol–water partition coefficient (Wildman–Crippen LogP) is 1.71. The number of likely N-dealkylation sites (N-methyl/N-ethyl adjacent to an activating group) is 1. The van der Waals surface area contributed by atoms with Crippen LogP contribution in [0.5, 0.6) is 0 Å². The van der Waals surface area contributed by atoms with Gasteiger partial charge in [-0.2, -0.15) is 0 Å². The quantitative estimate of drug-likeness (QED) is 0.0852. The Kier molecular flexibility index (Phi) is 17.2. The smallest absolute Gasteiger partial charge is 0.338 e. The summed E-state index contributed by atoms with van der Waals surface area (Å²) in [6.07, 6.45) is 0.358. The van der Waals surface area contributed by atoms with E-state index in [1.165, 1.54) is 11.8 Å². The maximum Gasteiger partial charge on any atom is 0.338 e. The third kappa shape index (κ3) is 14.9.